The summed E-state index contributed by atoms with van der Waals surface area (Å²) in [6.45, 7) is 0. The number of halogens is 4. The Bertz CT molecular complexity index is 1660. The van der Waals surface area contributed by atoms with E-state index in [-0.39, 0.29) is 45.2 Å². The summed E-state index contributed by atoms with van der Waals surface area (Å²) in [6, 6.07) is 15.0. The molecule has 0 aliphatic heterocycles. The van der Waals surface area contributed by atoms with E-state index in [2.05, 4.69) is 40.8 Å². The van der Waals surface area contributed by atoms with Crippen molar-refractivity contribution < 1.29 is 58.1 Å². The van der Waals surface area contributed by atoms with Crippen molar-refractivity contribution in [3.8, 4) is 23.8 Å². The Labute approximate surface area is 290 Å². The van der Waals surface area contributed by atoms with E-state index >= 15 is 0 Å². The number of nitrogens with zero attached hydrogens (tertiary/aromatic N) is 4. The Morgan fingerprint density at radius 2 is 0.872 bits per heavy atom. The summed E-state index contributed by atoms with van der Waals surface area (Å²) in [4.78, 5) is 15.8. The molecular formula is C24H30Cl4N8O8S2Zn. The van der Waals surface area contributed by atoms with Crippen LogP contribution in [-0.4, -0.2) is 65.2 Å². The number of aromatic nitrogens is 4. The van der Waals surface area contributed by atoms with Crippen molar-refractivity contribution in [1.82, 2.24) is 19.9 Å². The van der Waals surface area contributed by atoms with Crippen LogP contribution in [0.5, 0.6) is 23.8 Å². The van der Waals surface area contributed by atoms with Crippen LogP contribution >= 0.6 is 38.8 Å². The zero-order valence-electron chi connectivity index (χ0n) is 25.3. The average molecular weight is 830 g/mol. The fourth-order valence-corrected chi connectivity index (χ4v) is 5.02. The first-order valence-electron chi connectivity index (χ1n) is 12.8. The van der Waals surface area contributed by atoms with Gasteiger partial charge in [0.25, 0.3) is 20.0 Å². The maximum atomic E-state index is 12.2. The minimum absolute atomic E-state index is 0.000145. The second-order valence-electron chi connectivity index (χ2n) is 8.67. The molecule has 0 aliphatic carbocycles. The summed E-state index contributed by atoms with van der Waals surface area (Å²) in [5.41, 5.74) is 8.85. The average Bonchev–Trinajstić information content (AvgIpc) is 3.00. The van der Waals surface area contributed by atoms with Gasteiger partial charge in [0.1, 0.15) is 11.4 Å². The number of hydrogen-bond donors (Lipinski definition) is 4. The molecule has 16 nitrogen and oxygen atoms in total. The number of quaternary nitrogens is 2. The Morgan fingerprint density at radius 1 is 0.574 bits per heavy atom. The van der Waals surface area contributed by atoms with Crippen molar-refractivity contribution in [2.75, 3.05) is 37.9 Å². The van der Waals surface area contributed by atoms with Crippen molar-refractivity contribution in [2.45, 2.75) is 9.79 Å². The molecule has 0 radical (unpaired) electrons. The zero-order valence-corrected chi connectivity index (χ0v) is 32.9. The summed E-state index contributed by atoms with van der Waals surface area (Å²) in [5, 5.41) is 0. The Kier molecular flexibility index (Phi) is 15.3. The van der Waals surface area contributed by atoms with Crippen LogP contribution in [-0.2, 0) is 30.9 Å². The topological polar surface area (TPSA) is 236 Å². The van der Waals surface area contributed by atoms with E-state index in [0.29, 0.717) is 0 Å². The molecule has 256 valence electrons. The third-order valence-electron chi connectivity index (χ3n) is 5.09. The van der Waals surface area contributed by atoms with E-state index < -0.39 is 30.9 Å². The summed E-state index contributed by atoms with van der Waals surface area (Å²) in [6.07, 6.45) is 0. The third kappa shape index (κ3) is 14.3. The molecule has 2 heterocycles. The van der Waals surface area contributed by atoms with Crippen LogP contribution in [0.2, 0.25) is 0 Å². The van der Waals surface area contributed by atoms with Gasteiger partial charge in [-0.15, -0.1) is 0 Å². The fourth-order valence-electron chi connectivity index (χ4n) is 3.03. The quantitative estimate of drug-likeness (QED) is 0.169. The number of rotatable bonds is 10. The van der Waals surface area contributed by atoms with E-state index in [1.807, 2.05) is 0 Å². The second kappa shape index (κ2) is 18.0. The molecule has 0 saturated heterocycles. The molecule has 0 amide bonds. The first-order valence-corrected chi connectivity index (χ1v) is 31.4. The number of anilines is 2. The SMILES string of the molecule is COc1cc(NS(=O)(=O)c2ccc([NH3+])cc2)nc(OC)n1.COc1cc(NS(=O)(=O)c2ccc([NH3+])cc2)nc(OC)n1.[Cl][Zn-2]([Cl])([Cl])[Cl]. The molecule has 8 N–H and O–H groups in total. The molecule has 0 saturated carbocycles. The van der Waals surface area contributed by atoms with Gasteiger partial charge in [0, 0.05) is 36.4 Å². The van der Waals surface area contributed by atoms with Crippen LogP contribution in [0.3, 0.4) is 0 Å². The number of sulfonamides is 2. The van der Waals surface area contributed by atoms with E-state index in [1.165, 1.54) is 64.8 Å². The normalized spacial score (nSPS) is 11.1. The number of ether oxygens (including phenoxy) is 4. The first-order chi connectivity index (χ1) is 21.9. The molecule has 2 aromatic carbocycles. The van der Waals surface area contributed by atoms with E-state index in [9.17, 15) is 16.8 Å². The number of methoxy groups -OCH3 is 4. The molecule has 0 aliphatic rings. The van der Waals surface area contributed by atoms with Gasteiger partial charge < -0.3 is 30.4 Å². The van der Waals surface area contributed by atoms with Crippen molar-refractivity contribution in [2.24, 2.45) is 0 Å². The molecule has 0 fully saturated rings. The van der Waals surface area contributed by atoms with E-state index in [1.54, 1.807) is 24.3 Å². The van der Waals surface area contributed by atoms with Gasteiger partial charge in [0.05, 0.1) is 38.2 Å². The Hall–Kier alpha value is -3.00. The van der Waals surface area contributed by atoms with Crippen molar-refractivity contribution in [1.29, 1.82) is 0 Å². The number of hydrogen-bond acceptors (Lipinski definition) is 12. The first kappa shape index (κ1) is 40.2. The summed E-state index contributed by atoms with van der Waals surface area (Å²) in [5.74, 6) is 0.482. The van der Waals surface area contributed by atoms with Crippen LogP contribution in [0.4, 0.5) is 23.0 Å². The number of nitrogens with one attached hydrogen (secondary N) is 2. The molecule has 0 unspecified atom stereocenters. The Balaban J connectivity index is 0.000000286. The van der Waals surface area contributed by atoms with Gasteiger partial charge in [-0.3, -0.25) is 9.44 Å². The minimum atomic E-state index is -3.76. The molecule has 4 aromatic rings. The molecule has 4 rings (SSSR count). The molecule has 23 heteroatoms. The van der Waals surface area contributed by atoms with E-state index in [0.717, 1.165) is 11.4 Å². The molecule has 0 bridgehead atoms. The van der Waals surface area contributed by atoms with E-state index in [4.69, 9.17) is 57.7 Å². The summed E-state index contributed by atoms with van der Waals surface area (Å²) in [7, 11) is 14.9. The van der Waals surface area contributed by atoms with Crippen molar-refractivity contribution >= 4 is 81.8 Å². The fraction of sp³-hybridized carbons (Fsp3) is 0.167. The molecular weight excluding hydrogens is 800 g/mol. The predicted octanol–water partition coefficient (Wildman–Crippen LogP) is 3.09. The van der Waals surface area contributed by atoms with Gasteiger partial charge in [-0.2, -0.15) is 19.9 Å². The van der Waals surface area contributed by atoms with Crippen LogP contribution in [0.1, 0.15) is 0 Å². The molecule has 2 aromatic heterocycles. The van der Waals surface area contributed by atoms with Crippen LogP contribution in [0.25, 0.3) is 0 Å². The van der Waals surface area contributed by atoms with Gasteiger partial charge in [-0.1, -0.05) is 0 Å². The summed E-state index contributed by atoms with van der Waals surface area (Å²) >= 11 is 0. The number of benzene rings is 2. The zero-order chi connectivity index (χ0) is 35.4. The molecule has 0 atom stereocenters. The maximum absolute atomic E-state index is 12.2. The van der Waals surface area contributed by atoms with Crippen molar-refractivity contribution in [3.63, 3.8) is 0 Å². The van der Waals surface area contributed by atoms with Crippen LogP contribution < -0.4 is 39.9 Å². The molecule has 47 heavy (non-hydrogen) atoms. The van der Waals surface area contributed by atoms with Gasteiger partial charge in [-0.05, 0) is 24.3 Å². The van der Waals surface area contributed by atoms with Gasteiger partial charge in [0.2, 0.25) is 11.8 Å². The van der Waals surface area contributed by atoms with Gasteiger partial charge in [0.15, 0.2) is 11.6 Å². The van der Waals surface area contributed by atoms with Gasteiger partial charge >= 0.3 is 61.6 Å². The predicted molar refractivity (Wildman–Crippen MR) is 173 cm³/mol. The third-order valence-corrected chi connectivity index (χ3v) is 7.83. The van der Waals surface area contributed by atoms with Crippen LogP contribution in [0.15, 0.2) is 70.5 Å². The van der Waals surface area contributed by atoms with Gasteiger partial charge in [-0.25, -0.2) is 16.8 Å². The second-order valence-corrected chi connectivity index (χ2v) is 39.8. The standard InChI is InChI=1S/2C12H14N4O4S.4ClH.Zn/c2*1-19-11-7-10(14-12(15-11)20-2)16-21(17,18)9-5-3-8(13)4-6-9;;;;;/h2*3-7H,13H2,1-2H3,(H,14,15,16);4*1H;/q;;;;;;+2/p-2. The van der Waals surface area contributed by atoms with Crippen molar-refractivity contribution in [3.05, 3.63) is 60.7 Å². The molecule has 0 spiro atoms. The Morgan fingerprint density at radius 3 is 1.13 bits per heavy atom. The van der Waals surface area contributed by atoms with Crippen LogP contribution in [0, 0.1) is 0 Å². The monoisotopic (exact) mass is 826 g/mol. The summed E-state index contributed by atoms with van der Waals surface area (Å²) < 4.78 is 73.3.